The number of hydrogen-bond acceptors (Lipinski definition) is 9. The number of aromatic nitrogens is 4. The molecule has 2 amide bonds. The number of amides is 2. The number of carbonyl (C=O) groups excluding carboxylic acids is 2. The van der Waals surface area contributed by atoms with Crippen LogP contribution in [-0.2, 0) is 4.79 Å². The van der Waals surface area contributed by atoms with E-state index in [4.69, 9.17) is 0 Å². The standard InChI is InChI=1S/C20H21N7O4S2/c1-32-10-9-17(22-18(28)13-5-3-8-16(11-13)27(30)31)19(29)21-14-6-4-7-15(12-14)26-20(33-2)23-24-25-26/h3-8,11-12,17H,9-10H2,1-2H3,(H,21,29)(H,22,28). The van der Waals surface area contributed by atoms with E-state index in [-0.39, 0.29) is 11.3 Å². The van der Waals surface area contributed by atoms with Gasteiger partial charge in [0.2, 0.25) is 11.1 Å². The Hall–Kier alpha value is -3.45. The summed E-state index contributed by atoms with van der Waals surface area (Å²) in [4.78, 5) is 36.1. The molecule has 172 valence electrons. The third-order valence-corrected chi connectivity index (χ3v) is 5.80. The summed E-state index contributed by atoms with van der Waals surface area (Å²) >= 11 is 2.92. The van der Waals surface area contributed by atoms with Crippen molar-refractivity contribution in [2.75, 3.05) is 23.6 Å². The molecule has 0 radical (unpaired) electrons. The first-order valence-electron chi connectivity index (χ1n) is 9.71. The van der Waals surface area contributed by atoms with Crippen LogP contribution in [0.25, 0.3) is 5.69 Å². The molecule has 0 bridgehead atoms. The average molecular weight is 488 g/mol. The molecule has 1 aromatic heterocycles. The molecule has 0 fully saturated rings. The van der Waals surface area contributed by atoms with Gasteiger partial charge in [-0.2, -0.15) is 16.4 Å². The van der Waals surface area contributed by atoms with Gasteiger partial charge in [-0.3, -0.25) is 19.7 Å². The van der Waals surface area contributed by atoms with E-state index in [1.54, 1.807) is 28.9 Å². The summed E-state index contributed by atoms with van der Waals surface area (Å²) in [6.45, 7) is 0. The lowest BCUT2D eigenvalue weighted by Gasteiger charge is -2.18. The highest BCUT2D eigenvalue weighted by Crippen LogP contribution is 2.19. The smallest absolute Gasteiger partial charge is 0.270 e. The second kappa shape index (κ2) is 11.4. The van der Waals surface area contributed by atoms with Crippen LogP contribution in [0.4, 0.5) is 11.4 Å². The van der Waals surface area contributed by atoms with Gasteiger partial charge in [-0.1, -0.05) is 23.9 Å². The van der Waals surface area contributed by atoms with E-state index in [2.05, 4.69) is 26.2 Å². The van der Waals surface area contributed by atoms with Crippen LogP contribution < -0.4 is 10.6 Å². The maximum Gasteiger partial charge on any atom is 0.270 e. The first kappa shape index (κ1) is 24.2. The van der Waals surface area contributed by atoms with E-state index in [1.807, 2.05) is 12.5 Å². The summed E-state index contributed by atoms with van der Waals surface area (Å²) in [5.74, 6) is -0.330. The number of anilines is 1. The van der Waals surface area contributed by atoms with Crippen molar-refractivity contribution in [3.8, 4) is 5.69 Å². The number of benzene rings is 2. The summed E-state index contributed by atoms with van der Waals surface area (Å²) in [6.07, 6.45) is 4.14. The highest BCUT2D eigenvalue weighted by molar-refractivity contribution is 7.98. The minimum Gasteiger partial charge on any atom is -0.340 e. The van der Waals surface area contributed by atoms with E-state index in [0.717, 1.165) is 0 Å². The lowest BCUT2D eigenvalue weighted by Crippen LogP contribution is -2.44. The molecule has 0 aliphatic heterocycles. The van der Waals surface area contributed by atoms with Gasteiger partial charge in [0.05, 0.1) is 10.6 Å². The molecule has 33 heavy (non-hydrogen) atoms. The second-order valence-corrected chi connectivity index (χ2v) is 8.49. The first-order valence-corrected chi connectivity index (χ1v) is 12.3. The number of rotatable bonds is 10. The van der Waals surface area contributed by atoms with Crippen LogP contribution in [0.15, 0.2) is 53.7 Å². The molecule has 0 aliphatic rings. The Morgan fingerprint density at radius 3 is 2.70 bits per heavy atom. The third-order valence-electron chi connectivity index (χ3n) is 4.53. The molecule has 1 heterocycles. The van der Waals surface area contributed by atoms with Crippen molar-refractivity contribution >= 4 is 46.7 Å². The molecule has 3 rings (SSSR count). The third kappa shape index (κ3) is 6.29. The monoisotopic (exact) mass is 487 g/mol. The summed E-state index contributed by atoms with van der Waals surface area (Å²) in [5, 5.41) is 28.6. The molecule has 1 unspecified atom stereocenters. The molecule has 2 N–H and O–H groups in total. The van der Waals surface area contributed by atoms with Crippen LogP contribution in [-0.4, -0.2) is 61.3 Å². The van der Waals surface area contributed by atoms with E-state index >= 15 is 0 Å². The predicted molar refractivity (Wildman–Crippen MR) is 127 cm³/mol. The number of carbonyl (C=O) groups is 2. The van der Waals surface area contributed by atoms with Gasteiger partial charge >= 0.3 is 0 Å². The van der Waals surface area contributed by atoms with Crippen LogP contribution in [0.1, 0.15) is 16.8 Å². The zero-order chi connectivity index (χ0) is 23.8. The molecule has 0 saturated carbocycles. The van der Waals surface area contributed by atoms with Crippen LogP contribution >= 0.6 is 23.5 Å². The zero-order valence-electron chi connectivity index (χ0n) is 17.8. The van der Waals surface area contributed by atoms with Crippen molar-refractivity contribution in [2.45, 2.75) is 17.6 Å². The van der Waals surface area contributed by atoms with Gasteiger partial charge < -0.3 is 10.6 Å². The second-order valence-electron chi connectivity index (χ2n) is 6.73. The van der Waals surface area contributed by atoms with Gasteiger partial charge in [0, 0.05) is 23.4 Å². The van der Waals surface area contributed by atoms with Crippen molar-refractivity contribution in [2.24, 2.45) is 0 Å². The van der Waals surface area contributed by atoms with Gasteiger partial charge in [-0.25, -0.2) is 0 Å². The fourth-order valence-electron chi connectivity index (χ4n) is 2.92. The Morgan fingerprint density at radius 1 is 1.18 bits per heavy atom. The number of nitrogens with zero attached hydrogens (tertiary/aromatic N) is 5. The Morgan fingerprint density at radius 2 is 1.97 bits per heavy atom. The van der Waals surface area contributed by atoms with Crippen LogP contribution in [0.2, 0.25) is 0 Å². The number of nitrogens with one attached hydrogen (secondary N) is 2. The van der Waals surface area contributed by atoms with Crippen molar-refractivity contribution in [1.29, 1.82) is 0 Å². The van der Waals surface area contributed by atoms with Crippen molar-refractivity contribution in [3.63, 3.8) is 0 Å². The number of non-ortho nitro benzene ring substituents is 1. The highest BCUT2D eigenvalue weighted by Gasteiger charge is 2.22. The quantitative estimate of drug-likeness (QED) is 0.250. The number of thioether (sulfide) groups is 2. The van der Waals surface area contributed by atoms with Crippen molar-refractivity contribution < 1.29 is 14.5 Å². The van der Waals surface area contributed by atoms with E-state index in [0.29, 0.717) is 28.7 Å². The van der Waals surface area contributed by atoms with E-state index in [9.17, 15) is 19.7 Å². The van der Waals surface area contributed by atoms with Gasteiger partial charge in [0.15, 0.2) is 0 Å². The van der Waals surface area contributed by atoms with Gasteiger partial charge in [-0.15, -0.1) is 5.10 Å². The predicted octanol–water partition coefficient (Wildman–Crippen LogP) is 2.78. The van der Waals surface area contributed by atoms with E-state index in [1.165, 1.54) is 47.8 Å². The fourth-order valence-corrected chi connectivity index (χ4v) is 3.82. The minimum atomic E-state index is -0.831. The van der Waals surface area contributed by atoms with Crippen LogP contribution in [0, 0.1) is 10.1 Å². The van der Waals surface area contributed by atoms with Crippen LogP contribution in [0.5, 0.6) is 0 Å². The lowest BCUT2D eigenvalue weighted by molar-refractivity contribution is -0.384. The summed E-state index contributed by atoms with van der Waals surface area (Å²) in [7, 11) is 0. The molecule has 2 aromatic carbocycles. The molecule has 11 nitrogen and oxygen atoms in total. The zero-order valence-corrected chi connectivity index (χ0v) is 19.4. The number of nitro groups is 1. The molecule has 0 saturated heterocycles. The summed E-state index contributed by atoms with van der Waals surface area (Å²) < 4.78 is 1.55. The summed E-state index contributed by atoms with van der Waals surface area (Å²) in [5.41, 5.74) is 1.09. The molecule has 3 aromatic rings. The van der Waals surface area contributed by atoms with Gasteiger partial charge in [0.1, 0.15) is 6.04 Å². The Balaban J connectivity index is 1.76. The van der Waals surface area contributed by atoms with Gasteiger partial charge in [-0.05, 0) is 59.4 Å². The molecule has 1 atom stereocenters. The number of nitro benzene ring substituents is 1. The average Bonchev–Trinajstić information content (AvgIpc) is 3.31. The minimum absolute atomic E-state index is 0.108. The largest absolute Gasteiger partial charge is 0.340 e. The van der Waals surface area contributed by atoms with Crippen LogP contribution in [0.3, 0.4) is 0 Å². The normalized spacial score (nSPS) is 11.6. The molecule has 0 spiro atoms. The maximum atomic E-state index is 13.0. The lowest BCUT2D eigenvalue weighted by atomic mass is 10.1. The SMILES string of the molecule is CSCCC(NC(=O)c1cccc([N+](=O)[O-])c1)C(=O)Nc1cccc(-n2nnnc2SC)c1. The summed E-state index contributed by atoms with van der Waals surface area (Å²) in [6, 6.07) is 11.5. The number of tetrazole rings is 1. The van der Waals surface area contributed by atoms with Crippen molar-refractivity contribution in [1.82, 2.24) is 25.5 Å². The maximum absolute atomic E-state index is 13.0. The van der Waals surface area contributed by atoms with E-state index < -0.39 is 22.8 Å². The Labute approximate surface area is 197 Å². The molecule has 0 aliphatic carbocycles. The Bertz CT molecular complexity index is 1150. The number of hydrogen-bond donors (Lipinski definition) is 2. The molecule has 13 heteroatoms. The van der Waals surface area contributed by atoms with Crippen molar-refractivity contribution in [3.05, 3.63) is 64.2 Å². The Kier molecular flexibility index (Phi) is 8.38. The molecular formula is C20H21N7O4S2. The first-order chi connectivity index (χ1) is 15.9. The highest BCUT2D eigenvalue weighted by atomic mass is 32.2. The fraction of sp³-hybridized carbons (Fsp3) is 0.250. The topological polar surface area (TPSA) is 145 Å². The molecular weight excluding hydrogens is 466 g/mol. The van der Waals surface area contributed by atoms with Gasteiger partial charge in [0.25, 0.3) is 11.6 Å².